The maximum atomic E-state index is 12.8. The Kier molecular flexibility index (Phi) is 2.08. The van der Waals surface area contributed by atoms with Crippen LogP contribution in [-0.4, -0.2) is 0 Å². The van der Waals surface area contributed by atoms with Gasteiger partial charge in [0.2, 0.25) is 0 Å². The fourth-order valence-electron chi connectivity index (χ4n) is 0.900. The highest BCUT2D eigenvalue weighted by Gasteiger charge is 2.19. The van der Waals surface area contributed by atoms with Gasteiger partial charge in [0.25, 0.3) is 0 Å². The van der Waals surface area contributed by atoms with E-state index in [4.69, 9.17) is 0 Å². The molecule has 1 aromatic carbocycles. The van der Waals surface area contributed by atoms with Crippen molar-refractivity contribution in [1.82, 2.24) is 0 Å². The van der Waals surface area contributed by atoms with Crippen LogP contribution in [0.25, 0.3) is 0 Å². The highest BCUT2D eigenvalue weighted by Crippen LogP contribution is 2.22. The molecule has 0 bridgehead atoms. The maximum absolute atomic E-state index is 12.8. The minimum Gasteiger partial charge on any atom is -0.206 e. The Morgan fingerprint density at radius 1 is 0.583 bits per heavy atom. The molecule has 0 radical (unpaired) electrons. The van der Waals surface area contributed by atoms with Crippen molar-refractivity contribution in [3.8, 4) is 0 Å². The highest BCUT2D eigenvalue weighted by molar-refractivity contribution is 5.28. The molecular weight excluding hydrogens is 172 g/mol. The van der Waals surface area contributed by atoms with Gasteiger partial charge in [0.1, 0.15) is 5.82 Å². The third kappa shape index (κ3) is 1.07. The van der Waals surface area contributed by atoms with Crippen molar-refractivity contribution < 1.29 is 17.6 Å². The topological polar surface area (TPSA) is 0 Å². The molecule has 0 heterocycles. The molecule has 0 N–H and O–H groups in total. The van der Waals surface area contributed by atoms with Crippen LogP contribution in [0.15, 0.2) is 0 Å². The fraction of sp³-hybridized carbons (Fsp3) is 0.250. The van der Waals surface area contributed by atoms with Gasteiger partial charge in [-0.1, -0.05) is 0 Å². The second-order valence-electron chi connectivity index (χ2n) is 2.51. The largest absolute Gasteiger partial charge is 0.206 e. The van der Waals surface area contributed by atoms with Crippen LogP contribution < -0.4 is 0 Å². The zero-order valence-electron chi connectivity index (χ0n) is 6.51. The van der Waals surface area contributed by atoms with Gasteiger partial charge >= 0.3 is 0 Å². The Morgan fingerprint density at radius 2 is 0.917 bits per heavy atom. The standard InChI is InChI=1S/C8H6F4/c1-3-5(9)4(2)7(11)8(12)6(3)10/h1-2H3. The Bertz CT molecular complexity index is 225. The summed E-state index contributed by atoms with van der Waals surface area (Å²) in [5.74, 6) is -5.58. The second kappa shape index (κ2) is 2.77. The van der Waals surface area contributed by atoms with Crippen molar-refractivity contribution >= 4 is 0 Å². The van der Waals surface area contributed by atoms with Crippen LogP contribution in [0.3, 0.4) is 0 Å². The molecule has 0 nitrogen and oxygen atoms in total. The SMILES string of the molecule is Cc1c(F)c(C)c(F)c(F)c1F. The zero-order chi connectivity index (χ0) is 9.46. The summed E-state index contributed by atoms with van der Waals surface area (Å²) in [7, 11) is 0. The molecule has 0 saturated carbocycles. The van der Waals surface area contributed by atoms with E-state index in [1.807, 2.05) is 0 Å². The Labute approximate surface area is 66.8 Å². The summed E-state index contributed by atoms with van der Waals surface area (Å²) in [6.07, 6.45) is 0. The van der Waals surface area contributed by atoms with Gasteiger partial charge in [-0.05, 0) is 13.8 Å². The molecule has 66 valence electrons. The molecule has 0 aliphatic heterocycles. The van der Waals surface area contributed by atoms with Gasteiger partial charge in [0, 0.05) is 11.1 Å². The van der Waals surface area contributed by atoms with Crippen LogP contribution in [0.2, 0.25) is 0 Å². The third-order valence-electron chi connectivity index (χ3n) is 1.70. The first-order valence-electron chi connectivity index (χ1n) is 3.26. The number of hydrogen-bond donors (Lipinski definition) is 0. The number of rotatable bonds is 0. The molecule has 4 heteroatoms. The molecule has 0 amide bonds. The average molecular weight is 178 g/mol. The zero-order valence-corrected chi connectivity index (χ0v) is 6.51. The van der Waals surface area contributed by atoms with Gasteiger partial charge in [0.05, 0.1) is 0 Å². The predicted octanol–water partition coefficient (Wildman–Crippen LogP) is 2.86. The minimum absolute atomic E-state index is 0.494. The summed E-state index contributed by atoms with van der Waals surface area (Å²) in [4.78, 5) is 0. The van der Waals surface area contributed by atoms with Crippen LogP contribution >= 0.6 is 0 Å². The first-order valence-corrected chi connectivity index (χ1v) is 3.26. The van der Waals surface area contributed by atoms with Gasteiger partial charge in [0.15, 0.2) is 17.5 Å². The van der Waals surface area contributed by atoms with E-state index in [1.54, 1.807) is 0 Å². The van der Waals surface area contributed by atoms with Gasteiger partial charge in [-0.15, -0.1) is 0 Å². The maximum Gasteiger partial charge on any atom is 0.195 e. The Balaban J connectivity index is 3.60. The van der Waals surface area contributed by atoms with Crippen molar-refractivity contribution in [3.05, 3.63) is 34.4 Å². The molecule has 0 aromatic heterocycles. The smallest absolute Gasteiger partial charge is 0.195 e. The van der Waals surface area contributed by atoms with E-state index in [-0.39, 0.29) is 0 Å². The number of hydrogen-bond acceptors (Lipinski definition) is 0. The van der Waals surface area contributed by atoms with Gasteiger partial charge in [-0.2, -0.15) is 0 Å². The lowest BCUT2D eigenvalue weighted by atomic mass is 10.1. The monoisotopic (exact) mass is 178 g/mol. The van der Waals surface area contributed by atoms with Gasteiger partial charge in [-0.3, -0.25) is 0 Å². The van der Waals surface area contributed by atoms with E-state index in [0.29, 0.717) is 0 Å². The quantitative estimate of drug-likeness (QED) is 0.325. The molecule has 0 aliphatic carbocycles. The lowest BCUT2D eigenvalue weighted by molar-refractivity contribution is 0.423. The van der Waals surface area contributed by atoms with Crippen molar-refractivity contribution in [3.63, 3.8) is 0 Å². The first-order chi connectivity index (χ1) is 5.46. The van der Waals surface area contributed by atoms with Crippen molar-refractivity contribution in [2.24, 2.45) is 0 Å². The van der Waals surface area contributed by atoms with Crippen LogP contribution in [0.1, 0.15) is 11.1 Å². The second-order valence-corrected chi connectivity index (χ2v) is 2.51. The normalized spacial score (nSPS) is 10.5. The van der Waals surface area contributed by atoms with Crippen molar-refractivity contribution in [2.75, 3.05) is 0 Å². The van der Waals surface area contributed by atoms with E-state index in [0.717, 1.165) is 13.8 Å². The molecule has 1 rings (SSSR count). The third-order valence-corrected chi connectivity index (χ3v) is 1.70. The van der Waals surface area contributed by atoms with E-state index in [9.17, 15) is 17.6 Å². The highest BCUT2D eigenvalue weighted by atomic mass is 19.2. The predicted molar refractivity (Wildman–Crippen MR) is 35.7 cm³/mol. The molecule has 0 unspecified atom stereocenters. The molecule has 12 heavy (non-hydrogen) atoms. The first kappa shape index (κ1) is 9.03. The summed E-state index contributed by atoms with van der Waals surface area (Å²) >= 11 is 0. The molecule has 0 spiro atoms. The molecule has 1 aromatic rings. The van der Waals surface area contributed by atoms with E-state index < -0.39 is 34.4 Å². The van der Waals surface area contributed by atoms with Crippen molar-refractivity contribution in [2.45, 2.75) is 13.8 Å². The van der Waals surface area contributed by atoms with Crippen LogP contribution in [-0.2, 0) is 0 Å². The summed E-state index contributed by atoms with van der Waals surface area (Å²) < 4.78 is 50.5. The lowest BCUT2D eigenvalue weighted by Gasteiger charge is -2.04. The summed E-state index contributed by atoms with van der Waals surface area (Å²) in [5.41, 5.74) is -0.988. The average Bonchev–Trinajstić information content (AvgIpc) is 2.08. The van der Waals surface area contributed by atoms with Crippen LogP contribution in [0.5, 0.6) is 0 Å². The molecule has 0 saturated heterocycles. The van der Waals surface area contributed by atoms with E-state index >= 15 is 0 Å². The van der Waals surface area contributed by atoms with Crippen LogP contribution in [0, 0.1) is 37.1 Å². The summed E-state index contributed by atoms with van der Waals surface area (Å²) in [6.45, 7) is 2.11. The molecule has 0 atom stereocenters. The Morgan fingerprint density at radius 3 is 1.25 bits per heavy atom. The van der Waals surface area contributed by atoms with E-state index in [2.05, 4.69) is 0 Å². The van der Waals surface area contributed by atoms with Gasteiger partial charge < -0.3 is 0 Å². The number of benzene rings is 1. The Hall–Kier alpha value is -1.06. The van der Waals surface area contributed by atoms with E-state index in [1.165, 1.54) is 0 Å². The lowest BCUT2D eigenvalue weighted by Crippen LogP contribution is -2.02. The molecule has 0 aliphatic rings. The minimum atomic E-state index is -1.62. The van der Waals surface area contributed by atoms with Gasteiger partial charge in [-0.25, -0.2) is 17.6 Å². The molecule has 0 fully saturated rings. The fourth-order valence-corrected chi connectivity index (χ4v) is 0.900. The van der Waals surface area contributed by atoms with Crippen molar-refractivity contribution in [1.29, 1.82) is 0 Å². The molecular formula is C8H6F4. The van der Waals surface area contributed by atoms with Crippen LogP contribution in [0.4, 0.5) is 17.6 Å². The summed E-state index contributed by atoms with van der Waals surface area (Å²) in [6, 6.07) is 0. The number of halogens is 4. The summed E-state index contributed by atoms with van der Waals surface area (Å²) in [5, 5.41) is 0.